The number of rotatable bonds is 8. The van der Waals surface area contributed by atoms with Crippen LogP contribution in [0.2, 0.25) is 0 Å². The fourth-order valence-corrected chi connectivity index (χ4v) is 5.33. The average Bonchev–Trinajstić information content (AvgIpc) is 2.60. The van der Waals surface area contributed by atoms with Crippen LogP contribution in [-0.4, -0.2) is 28.1 Å². The van der Waals surface area contributed by atoms with Crippen molar-refractivity contribution in [3.05, 3.63) is 72.3 Å². The van der Waals surface area contributed by atoms with Crippen LogP contribution in [0.5, 0.6) is 0 Å². The maximum atomic E-state index is 6.19. The minimum atomic E-state index is -2.99. The lowest BCUT2D eigenvalue weighted by atomic mass is 10.00. The minimum absolute atomic E-state index is 0.00588. The number of hydrogen-bond donors (Lipinski definition) is 0. The van der Waals surface area contributed by atoms with E-state index in [2.05, 4.69) is 30.8 Å². The van der Waals surface area contributed by atoms with Crippen LogP contribution in [0, 0.1) is 0 Å². The van der Waals surface area contributed by atoms with Gasteiger partial charge in [0.25, 0.3) is 0 Å². The molecule has 3 nitrogen and oxygen atoms in total. The van der Waals surface area contributed by atoms with Gasteiger partial charge < -0.3 is 13.3 Å². The van der Waals surface area contributed by atoms with Gasteiger partial charge in [0.1, 0.15) is 0 Å². The van der Waals surface area contributed by atoms with Crippen LogP contribution < -0.4 is 5.19 Å². The smallest absolute Gasteiger partial charge is 0.373 e. The second kappa shape index (κ2) is 8.58. The normalized spacial score (nSPS) is 12.0. The molecule has 0 fully saturated rings. The van der Waals surface area contributed by atoms with E-state index in [1.165, 1.54) is 0 Å². The molecule has 2 rings (SSSR count). The van der Waals surface area contributed by atoms with Gasteiger partial charge in [-0.25, -0.2) is 0 Å². The molecule has 0 aliphatic rings. The van der Waals surface area contributed by atoms with E-state index in [0.29, 0.717) is 0 Å². The summed E-state index contributed by atoms with van der Waals surface area (Å²) in [7, 11) is -1.33. The Hall–Kier alpha value is -1.72. The first-order valence-electron chi connectivity index (χ1n) is 8.64. The van der Waals surface area contributed by atoms with Crippen molar-refractivity contribution < 1.29 is 13.3 Å². The highest BCUT2D eigenvalue weighted by atomic mass is 28.4. The van der Waals surface area contributed by atoms with Gasteiger partial charge in [-0.1, -0.05) is 55.1 Å². The first-order valence-corrected chi connectivity index (χ1v) is 10.4. The number of hydrogen-bond acceptors (Lipinski definition) is 3. The molecule has 0 unspecified atom stereocenters. The second-order valence-corrected chi connectivity index (χ2v) is 9.09. The van der Waals surface area contributed by atoms with Crippen molar-refractivity contribution in [1.29, 1.82) is 0 Å². The number of benzene rings is 2. The molecule has 0 N–H and O–H groups in total. The first kappa shape index (κ1) is 19.6. The van der Waals surface area contributed by atoms with E-state index in [4.69, 9.17) is 13.3 Å². The van der Waals surface area contributed by atoms with Crippen molar-refractivity contribution in [2.75, 3.05) is 7.11 Å². The van der Waals surface area contributed by atoms with Crippen LogP contribution in [-0.2, 0) is 13.3 Å². The summed E-state index contributed by atoms with van der Waals surface area (Å²) >= 11 is 0. The molecule has 4 heteroatoms. The Morgan fingerprint density at radius 2 is 1.40 bits per heavy atom. The molecule has 2 aromatic carbocycles. The van der Waals surface area contributed by atoms with E-state index >= 15 is 0 Å². The van der Waals surface area contributed by atoms with Gasteiger partial charge in [-0.2, -0.15) is 0 Å². The van der Waals surface area contributed by atoms with Crippen molar-refractivity contribution in [2.24, 2.45) is 0 Å². The molecule has 0 aliphatic heterocycles. The molecule has 2 aromatic rings. The topological polar surface area (TPSA) is 27.7 Å². The standard InChI is InChI=1S/C21H28O3Si/c1-16(2)23-25(22-6,24-17(3)4)21-14-10-13-20(15-21)18(5)19-11-8-7-9-12-19/h7-17H,5H2,1-4,6H3. The van der Waals surface area contributed by atoms with E-state index in [1.807, 2.05) is 58.0 Å². The molecule has 0 spiro atoms. The van der Waals surface area contributed by atoms with E-state index in [-0.39, 0.29) is 12.2 Å². The highest BCUT2D eigenvalue weighted by Crippen LogP contribution is 2.22. The maximum absolute atomic E-state index is 6.19. The van der Waals surface area contributed by atoms with Crippen LogP contribution in [0.3, 0.4) is 0 Å². The summed E-state index contributed by atoms with van der Waals surface area (Å²) in [5.41, 5.74) is 3.10. The largest absolute Gasteiger partial charge is 0.537 e. The van der Waals surface area contributed by atoms with Gasteiger partial charge in [-0.05, 0) is 50.5 Å². The lowest BCUT2D eigenvalue weighted by molar-refractivity contribution is 0.0456. The first-order chi connectivity index (χ1) is 11.9. The maximum Gasteiger partial charge on any atom is 0.537 e. The molecule has 0 aliphatic carbocycles. The Labute approximate surface area is 152 Å². The van der Waals surface area contributed by atoms with E-state index in [1.54, 1.807) is 7.11 Å². The van der Waals surface area contributed by atoms with Gasteiger partial charge in [0.2, 0.25) is 0 Å². The van der Waals surface area contributed by atoms with Gasteiger partial charge >= 0.3 is 8.80 Å². The summed E-state index contributed by atoms with van der Waals surface area (Å²) < 4.78 is 18.2. The SMILES string of the molecule is C=C(c1ccccc1)c1cccc([Si](OC)(OC(C)C)OC(C)C)c1. The van der Waals surface area contributed by atoms with Crippen LogP contribution in [0.4, 0.5) is 0 Å². The van der Waals surface area contributed by atoms with Crippen LogP contribution in [0.25, 0.3) is 5.57 Å². The van der Waals surface area contributed by atoms with Crippen LogP contribution in [0.15, 0.2) is 61.2 Å². The van der Waals surface area contributed by atoms with Crippen LogP contribution in [0.1, 0.15) is 38.8 Å². The van der Waals surface area contributed by atoms with Crippen LogP contribution >= 0.6 is 0 Å². The molecular formula is C21H28O3Si. The lowest BCUT2D eigenvalue weighted by Crippen LogP contribution is -2.58. The molecular weight excluding hydrogens is 328 g/mol. The Balaban J connectivity index is 2.44. The zero-order valence-corrected chi connectivity index (χ0v) is 16.8. The van der Waals surface area contributed by atoms with E-state index < -0.39 is 8.80 Å². The molecule has 0 saturated heterocycles. The molecule has 0 heterocycles. The van der Waals surface area contributed by atoms with Gasteiger partial charge in [-0.15, -0.1) is 0 Å². The highest BCUT2D eigenvalue weighted by Gasteiger charge is 2.45. The fraction of sp³-hybridized carbons (Fsp3) is 0.333. The molecule has 0 aromatic heterocycles. The lowest BCUT2D eigenvalue weighted by Gasteiger charge is -2.32. The van der Waals surface area contributed by atoms with E-state index in [9.17, 15) is 0 Å². The van der Waals surface area contributed by atoms with Gasteiger partial charge in [0.05, 0.1) is 0 Å². The third-order valence-corrected chi connectivity index (χ3v) is 6.86. The second-order valence-electron chi connectivity index (χ2n) is 6.52. The average molecular weight is 357 g/mol. The Morgan fingerprint density at radius 1 is 0.840 bits per heavy atom. The minimum Gasteiger partial charge on any atom is -0.373 e. The van der Waals surface area contributed by atoms with Gasteiger partial charge in [0, 0.05) is 24.5 Å². The zero-order valence-electron chi connectivity index (χ0n) is 15.8. The Kier molecular flexibility index (Phi) is 6.73. The predicted octanol–water partition coefficient (Wildman–Crippen LogP) is 4.39. The summed E-state index contributed by atoms with van der Waals surface area (Å²) in [6.45, 7) is 12.2. The molecule has 0 saturated carbocycles. The molecule has 0 atom stereocenters. The van der Waals surface area contributed by atoms with Gasteiger partial charge in [-0.3, -0.25) is 0 Å². The predicted molar refractivity (Wildman–Crippen MR) is 106 cm³/mol. The quantitative estimate of drug-likeness (QED) is 0.657. The van der Waals surface area contributed by atoms with Gasteiger partial charge in [0.15, 0.2) is 0 Å². The van der Waals surface area contributed by atoms with Crippen molar-refractivity contribution in [3.8, 4) is 0 Å². The van der Waals surface area contributed by atoms with Crippen molar-refractivity contribution in [3.63, 3.8) is 0 Å². The van der Waals surface area contributed by atoms with E-state index in [0.717, 1.165) is 21.9 Å². The monoisotopic (exact) mass is 356 g/mol. The van der Waals surface area contributed by atoms with Crippen molar-refractivity contribution >= 4 is 19.6 Å². The summed E-state index contributed by atoms with van der Waals surface area (Å²) in [4.78, 5) is 0. The molecule has 0 bridgehead atoms. The Bertz CT molecular complexity index is 685. The fourth-order valence-electron chi connectivity index (χ4n) is 2.70. The molecule has 25 heavy (non-hydrogen) atoms. The van der Waals surface area contributed by atoms with Crippen molar-refractivity contribution in [2.45, 2.75) is 39.9 Å². The zero-order chi connectivity index (χ0) is 18.4. The summed E-state index contributed by atoms with van der Waals surface area (Å²) in [5.74, 6) is 0. The molecule has 134 valence electrons. The third kappa shape index (κ3) is 4.89. The summed E-state index contributed by atoms with van der Waals surface area (Å²) in [6, 6.07) is 18.3. The summed E-state index contributed by atoms with van der Waals surface area (Å²) in [5, 5.41) is 0.951. The highest BCUT2D eigenvalue weighted by molar-refractivity contribution is 6.75. The van der Waals surface area contributed by atoms with Crippen molar-refractivity contribution in [1.82, 2.24) is 0 Å². The molecule has 0 radical (unpaired) electrons. The summed E-state index contributed by atoms with van der Waals surface area (Å²) in [6.07, 6.45) is 0.0118. The third-order valence-electron chi connectivity index (χ3n) is 3.74. The molecule has 0 amide bonds. The Morgan fingerprint density at radius 3 is 1.92 bits per heavy atom.